The molecule has 3 rings (SSSR count). The Morgan fingerprint density at radius 2 is 1.81 bits per heavy atom. The molecule has 1 saturated heterocycles. The van der Waals surface area contributed by atoms with Gasteiger partial charge < -0.3 is 9.64 Å². The zero-order chi connectivity index (χ0) is 15.3. The van der Waals surface area contributed by atoms with Gasteiger partial charge in [0, 0.05) is 27.2 Å². The maximum absolute atomic E-state index is 12.6. The number of aromatic nitrogens is 4. The van der Waals surface area contributed by atoms with Crippen molar-refractivity contribution in [1.82, 2.24) is 19.3 Å². The second-order valence-corrected chi connectivity index (χ2v) is 5.84. The van der Waals surface area contributed by atoms with Gasteiger partial charge in [-0.25, -0.2) is 4.98 Å². The standard InChI is InChI=1S/C14H21N5O2/c1-8-6-19(7-9(2)21-8)14-15-11-10(3)16-18(5)12(11)13(20)17(14)4/h8-9H,6-7H2,1-5H3. The Balaban J connectivity index is 2.17. The van der Waals surface area contributed by atoms with Crippen molar-refractivity contribution in [3.63, 3.8) is 0 Å². The largest absolute Gasteiger partial charge is 0.372 e. The molecule has 2 atom stereocenters. The molecule has 0 radical (unpaired) electrons. The second-order valence-electron chi connectivity index (χ2n) is 5.84. The molecule has 2 aromatic heterocycles. The predicted molar refractivity (Wildman–Crippen MR) is 80.7 cm³/mol. The van der Waals surface area contributed by atoms with Crippen LogP contribution in [0.15, 0.2) is 4.79 Å². The molecule has 7 nitrogen and oxygen atoms in total. The van der Waals surface area contributed by atoms with Gasteiger partial charge >= 0.3 is 0 Å². The number of aryl methyl sites for hydroxylation is 2. The quantitative estimate of drug-likeness (QED) is 0.769. The first-order valence-corrected chi connectivity index (χ1v) is 7.19. The molecule has 0 aliphatic carbocycles. The third-order valence-corrected chi connectivity index (χ3v) is 3.91. The molecule has 0 amide bonds. The summed E-state index contributed by atoms with van der Waals surface area (Å²) in [5.41, 5.74) is 1.95. The van der Waals surface area contributed by atoms with E-state index in [-0.39, 0.29) is 17.8 Å². The van der Waals surface area contributed by atoms with E-state index in [2.05, 4.69) is 10.00 Å². The van der Waals surface area contributed by atoms with Crippen LogP contribution in [0.3, 0.4) is 0 Å². The third-order valence-electron chi connectivity index (χ3n) is 3.91. The summed E-state index contributed by atoms with van der Waals surface area (Å²) in [6.07, 6.45) is 0.243. The summed E-state index contributed by atoms with van der Waals surface area (Å²) in [5.74, 6) is 0.686. The molecule has 3 heterocycles. The molecule has 2 aromatic rings. The Kier molecular flexibility index (Phi) is 3.24. The van der Waals surface area contributed by atoms with Crippen LogP contribution in [-0.4, -0.2) is 44.6 Å². The zero-order valence-corrected chi connectivity index (χ0v) is 13.1. The summed E-state index contributed by atoms with van der Waals surface area (Å²) in [5, 5.41) is 4.31. The first-order valence-electron chi connectivity index (χ1n) is 7.19. The topological polar surface area (TPSA) is 65.2 Å². The van der Waals surface area contributed by atoms with Gasteiger partial charge in [0.25, 0.3) is 5.56 Å². The molecule has 1 aliphatic rings. The number of nitrogens with zero attached hydrogens (tertiary/aromatic N) is 5. The van der Waals surface area contributed by atoms with Crippen LogP contribution in [0.2, 0.25) is 0 Å². The van der Waals surface area contributed by atoms with Gasteiger partial charge in [0.1, 0.15) is 5.52 Å². The smallest absolute Gasteiger partial charge is 0.280 e. The fourth-order valence-corrected chi connectivity index (χ4v) is 3.07. The van der Waals surface area contributed by atoms with E-state index >= 15 is 0 Å². The lowest BCUT2D eigenvalue weighted by Crippen LogP contribution is -2.47. The first kappa shape index (κ1) is 14.1. The Morgan fingerprint density at radius 1 is 1.19 bits per heavy atom. The van der Waals surface area contributed by atoms with Gasteiger partial charge in [0.2, 0.25) is 5.95 Å². The Morgan fingerprint density at radius 3 is 2.43 bits per heavy atom. The maximum atomic E-state index is 12.6. The van der Waals surface area contributed by atoms with Gasteiger partial charge in [-0.15, -0.1) is 0 Å². The van der Waals surface area contributed by atoms with Gasteiger partial charge in [-0.2, -0.15) is 5.10 Å². The molecule has 2 unspecified atom stereocenters. The van der Waals surface area contributed by atoms with Crippen molar-refractivity contribution >= 4 is 17.0 Å². The number of morpholine rings is 1. The highest BCUT2D eigenvalue weighted by atomic mass is 16.5. The average Bonchev–Trinajstić information content (AvgIpc) is 2.67. The first-order chi connectivity index (χ1) is 9.88. The second kappa shape index (κ2) is 4.84. The molecule has 114 valence electrons. The monoisotopic (exact) mass is 291 g/mol. The summed E-state index contributed by atoms with van der Waals surface area (Å²) in [4.78, 5) is 19.4. The molecule has 0 saturated carbocycles. The van der Waals surface area contributed by atoms with Crippen LogP contribution in [0.4, 0.5) is 5.95 Å². The van der Waals surface area contributed by atoms with Crippen molar-refractivity contribution in [1.29, 1.82) is 0 Å². The van der Waals surface area contributed by atoms with Crippen molar-refractivity contribution in [3.05, 3.63) is 16.0 Å². The van der Waals surface area contributed by atoms with E-state index in [0.717, 1.165) is 18.8 Å². The number of anilines is 1. The summed E-state index contributed by atoms with van der Waals surface area (Å²) in [6, 6.07) is 0. The van der Waals surface area contributed by atoms with Crippen molar-refractivity contribution in [2.75, 3.05) is 18.0 Å². The van der Waals surface area contributed by atoms with Crippen LogP contribution < -0.4 is 10.5 Å². The van der Waals surface area contributed by atoms with Gasteiger partial charge in [-0.1, -0.05) is 0 Å². The highest BCUT2D eigenvalue weighted by molar-refractivity contribution is 5.77. The van der Waals surface area contributed by atoms with Gasteiger partial charge in [-0.05, 0) is 20.8 Å². The molecular weight excluding hydrogens is 270 g/mol. The van der Waals surface area contributed by atoms with Crippen LogP contribution in [-0.2, 0) is 18.8 Å². The third kappa shape index (κ3) is 2.21. The highest BCUT2D eigenvalue weighted by Gasteiger charge is 2.26. The SMILES string of the molecule is Cc1nn(C)c2c(=O)n(C)c(N3CC(C)OC(C)C3)nc12. The minimum Gasteiger partial charge on any atom is -0.372 e. The highest BCUT2D eigenvalue weighted by Crippen LogP contribution is 2.20. The van der Waals surface area contributed by atoms with Crippen LogP contribution in [0, 0.1) is 6.92 Å². The summed E-state index contributed by atoms with van der Waals surface area (Å²) in [6.45, 7) is 7.41. The minimum atomic E-state index is -0.0649. The molecule has 1 fully saturated rings. The molecule has 0 aromatic carbocycles. The Hall–Kier alpha value is -1.89. The van der Waals surface area contributed by atoms with E-state index in [1.807, 2.05) is 20.8 Å². The molecule has 0 N–H and O–H groups in total. The van der Waals surface area contributed by atoms with Crippen LogP contribution in [0.5, 0.6) is 0 Å². The number of rotatable bonds is 1. The van der Waals surface area contributed by atoms with E-state index in [0.29, 0.717) is 17.0 Å². The van der Waals surface area contributed by atoms with Crippen LogP contribution in [0.25, 0.3) is 11.0 Å². The molecule has 1 aliphatic heterocycles. The van der Waals surface area contributed by atoms with E-state index in [1.54, 1.807) is 23.3 Å². The molecule has 21 heavy (non-hydrogen) atoms. The molecule has 0 bridgehead atoms. The lowest BCUT2D eigenvalue weighted by atomic mass is 10.2. The van der Waals surface area contributed by atoms with Crippen molar-refractivity contribution < 1.29 is 4.74 Å². The average molecular weight is 291 g/mol. The van der Waals surface area contributed by atoms with E-state index < -0.39 is 0 Å². The Labute approximate surface area is 123 Å². The number of hydrogen-bond donors (Lipinski definition) is 0. The van der Waals surface area contributed by atoms with Crippen molar-refractivity contribution in [2.45, 2.75) is 33.0 Å². The Bertz CT molecular complexity index is 738. The number of ether oxygens (including phenoxy) is 1. The summed E-state index contributed by atoms with van der Waals surface area (Å²) in [7, 11) is 3.54. The van der Waals surface area contributed by atoms with Gasteiger partial charge in [-0.3, -0.25) is 14.0 Å². The molecule has 7 heteroatoms. The van der Waals surface area contributed by atoms with Crippen LogP contribution in [0.1, 0.15) is 19.5 Å². The fourth-order valence-electron chi connectivity index (χ4n) is 3.07. The normalized spacial score (nSPS) is 23.0. The summed E-state index contributed by atoms with van der Waals surface area (Å²) >= 11 is 0. The molecular formula is C14H21N5O2. The van der Waals surface area contributed by atoms with E-state index in [4.69, 9.17) is 9.72 Å². The van der Waals surface area contributed by atoms with Gasteiger partial charge in [0.05, 0.1) is 17.9 Å². The number of fused-ring (bicyclic) bond motifs is 1. The predicted octanol–water partition coefficient (Wildman–Crippen LogP) is 0.589. The van der Waals surface area contributed by atoms with Crippen molar-refractivity contribution in [3.8, 4) is 0 Å². The van der Waals surface area contributed by atoms with E-state index in [9.17, 15) is 4.79 Å². The van der Waals surface area contributed by atoms with E-state index in [1.165, 1.54) is 0 Å². The zero-order valence-electron chi connectivity index (χ0n) is 13.1. The lowest BCUT2D eigenvalue weighted by molar-refractivity contribution is -0.00590. The summed E-state index contributed by atoms with van der Waals surface area (Å²) < 4.78 is 8.96. The maximum Gasteiger partial charge on any atom is 0.280 e. The van der Waals surface area contributed by atoms with Crippen molar-refractivity contribution in [2.24, 2.45) is 14.1 Å². The minimum absolute atomic E-state index is 0.0649. The number of hydrogen-bond acceptors (Lipinski definition) is 5. The molecule has 0 spiro atoms. The van der Waals surface area contributed by atoms with Crippen LogP contribution >= 0.6 is 0 Å². The fraction of sp³-hybridized carbons (Fsp3) is 0.643. The van der Waals surface area contributed by atoms with Gasteiger partial charge in [0.15, 0.2) is 5.52 Å². The lowest BCUT2D eigenvalue weighted by Gasteiger charge is -2.36.